The predicted molar refractivity (Wildman–Crippen MR) is 109 cm³/mol. The van der Waals surface area contributed by atoms with Crippen molar-refractivity contribution in [3.8, 4) is 0 Å². The SMILES string of the molecule is CSc1ccc(CCNC(=O)CN2C(=O)CCSc3ccccc32)cc1. The third-order valence-electron chi connectivity index (χ3n) is 4.23. The van der Waals surface area contributed by atoms with E-state index in [4.69, 9.17) is 0 Å². The van der Waals surface area contributed by atoms with Gasteiger partial charge in [-0.3, -0.25) is 9.59 Å². The lowest BCUT2D eigenvalue weighted by Gasteiger charge is -2.22. The molecule has 26 heavy (non-hydrogen) atoms. The van der Waals surface area contributed by atoms with Crippen LogP contribution in [0.2, 0.25) is 0 Å². The molecule has 0 fully saturated rings. The van der Waals surface area contributed by atoms with Gasteiger partial charge in [0.15, 0.2) is 0 Å². The number of thioether (sulfide) groups is 2. The maximum atomic E-state index is 12.4. The van der Waals surface area contributed by atoms with Gasteiger partial charge >= 0.3 is 0 Å². The first-order chi connectivity index (χ1) is 12.7. The monoisotopic (exact) mass is 386 g/mol. The number of nitrogens with one attached hydrogen (secondary N) is 1. The normalized spacial score (nSPS) is 13.9. The highest BCUT2D eigenvalue weighted by Crippen LogP contribution is 2.33. The van der Waals surface area contributed by atoms with Crippen LogP contribution in [0.25, 0.3) is 0 Å². The Kier molecular flexibility index (Phi) is 6.63. The van der Waals surface area contributed by atoms with Crippen LogP contribution in [0.4, 0.5) is 5.69 Å². The minimum atomic E-state index is -0.124. The van der Waals surface area contributed by atoms with Gasteiger partial charge in [-0.05, 0) is 42.5 Å². The Balaban J connectivity index is 1.56. The second-order valence-corrected chi connectivity index (χ2v) is 8.01. The van der Waals surface area contributed by atoms with E-state index in [1.165, 1.54) is 10.5 Å². The van der Waals surface area contributed by atoms with Gasteiger partial charge in [-0.1, -0.05) is 24.3 Å². The Hall–Kier alpha value is -1.92. The molecule has 4 nitrogen and oxygen atoms in total. The van der Waals surface area contributed by atoms with E-state index in [1.54, 1.807) is 28.4 Å². The van der Waals surface area contributed by atoms with Crippen molar-refractivity contribution < 1.29 is 9.59 Å². The first kappa shape index (κ1) is 18.9. The topological polar surface area (TPSA) is 49.4 Å². The number of benzene rings is 2. The van der Waals surface area contributed by atoms with E-state index in [-0.39, 0.29) is 18.4 Å². The maximum absolute atomic E-state index is 12.4. The molecule has 0 aliphatic carbocycles. The molecule has 0 saturated heterocycles. The van der Waals surface area contributed by atoms with Gasteiger partial charge < -0.3 is 10.2 Å². The predicted octanol–water partition coefficient (Wildman–Crippen LogP) is 3.60. The van der Waals surface area contributed by atoms with Crippen LogP contribution in [-0.4, -0.2) is 36.9 Å². The molecule has 0 bridgehead atoms. The summed E-state index contributed by atoms with van der Waals surface area (Å²) in [5.41, 5.74) is 2.03. The molecule has 0 atom stereocenters. The zero-order chi connectivity index (χ0) is 18.4. The first-order valence-corrected chi connectivity index (χ1v) is 10.8. The summed E-state index contributed by atoms with van der Waals surface area (Å²) in [6, 6.07) is 16.1. The van der Waals surface area contributed by atoms with Gasteiger partial charge in [-0.2, -0.15) is 0 Å². The van der Waals surface area contributed by atoms with Gasteiger partial charge in [0.05, 0.1) is 5.69 Å². The molecule has 2 amide bonds. The molecule has 1 aliphatic heterocycles. The summed E-state index contributed by atoms with van der Waals surface area (Å²) in [4.78, 5) is 28.6. The summed E-state index contributed by atoms with van der Waals surface area (Å²) in [6.07, 6.45) is 3.28. The lowest BCUT2D eigenvalue weighted by Crippen LogP contribution is -2.41. The summed E-state index contributed by atoms with van der Waals surface area (Å²) in [7, 11) is 0. The van der Waals surface area contributed by atoms with E-state index < -0.39 is 0 Å². The highest BCUT2D eigenvalue weighted by molar-refractivity contribution is 7.99. The lowest BCUT2D eigenvalue weighted by atomic mass is 10.1. The van der Waals surface area contributed by atoms with Crippen LogP contribution in [0, 0.1) is 0 Å². The molecular formula is C20H22N2O2S2. The number of nitrogens with zero attached hydrogens (tertiary/aromatic N) is 1. The zero-order valence-electron chi connectivity index (χ0n) is 14.7. The van der Waals surface area contributed by atoms with Crippen LogP contribution in [0.1, 0.15) is 12.0 Å². The van der Waals surface area contributed by atoms with Gasteiger partial charge in [-0.25, -0.2) is 0 Å². The molecule has 0 radical (unpaired) electrons. The van der Waals surface area contributed by atoms with Crippen molar-refractivity contribution in [2.75, 3.05) is 30.0 Å². The number of hydrogen-bond donors (Lipinski definition) is 1. The van der Waals surface area contributed by atoms with Crippen molar-refractivity contribution in [2.24, 2.45) is 0 Å². The molecule has 136 valence electrons. The van der Waals surface area contributed by atoms with Crippen molar-refractivity contribution in [2.45, 2.75) is 22.6 Å². The van der Waals surface area contributed by atoms with Crippen LogP contribution in [0.3, 0.4) is 0 Å². The van der Waals surface area contributed by atoms with E-state index in [0.717, 1.165) is 22.8 Å². The molecule has 1 N–H and O–H groups in total. The molecule has 0 aromatic heterocycles. The van der Waals surface area contributed by atoms with Crippen LogP contribution in [0.5, 0.6) is 0 Å². The molecule has 1 heterocycles. The third-order valence-corrected chi connectivity index (χ3v) is 6.04. The number of carbonyl (C=O) groups excluding carboxylic acids is 2. The van der Waals surface area contributed by atoms with Crippen molar-refractivity contribution in [3.63, 3.8) is 0 Å². The number of anilines is 1. The minimum Gasteiger partial charge on any atom is -0.354 e. The van der Waals surface area contributed by atoms with E-state index >= 15 is 0 Å². The highest BCUT2D eigenvalue weighted by atomic mass is 32.2. The molecule has 0 saturated carbocycles. The molecule has 0 spiro atoms. The second-order valence-electron chi connectivity index (χ2n) is 5.99. The van der Waals surface area contributed by atoms with Crippen LogP contribution < -0.4 is 10.2 Å². The summed E-state index contributed by atoms with van der Waals surface area (Å²) >= 11 is 3.38. The summed E-state index contributed by atoms with van der Waals surface area (Å²) in [6.45, 7) is 0.637. The Morgan fingerprint density at radius 2 is 1.96 bits per heavy atom. The molecule has 1 aliphatic rings. The average molecular weight is 387 g/mol. The van der Waals surface area contributed by atoms with E-state index in [2.05, 4.69) is 35.8 Å². The minimum absolute atomic E-state index is 0.00487. The Morgan fingerprint density at radius 1 is 1.19 bits per heavy atom. The number of fused-ring (bicyclic) bond motifs is 1. The number of amides is 2. The number of rotatable bonds is 6. The van der Waals surface area contributed by atoms with Gasteiger partial charge in [-0.15, -0.1) is 23.5 Å². The molecule has 6 heteroatoms. The largest absolute Gasteiger partial charge is 0.354 e. The van der Waals surface area contributed by atoms with Crippen LogP contribution >= 0.6 is 23.5 Å². The summed E-state index contributed by atoms with van der Waals surface area (Å²) in [5.74, 6) is 0.631. The molecule has 2 aromatic rings. The van der Waals surface area contributed by atoms with E-state index in [9.17, 15) is 9.59 Å². The van der Waals surface area contributed by atoms with Gasteiger partial charge in [0.1, 0.15) is 6.54 Å². The van der Waals surface area contributed by atoms with Gasteiger partial charge in [0.2, 0.25) is 11.8 Å². The molecule has 0 unspecified atom stereocenters. The van der Waals surface area contributed by atoms with E-state index in [0.29, 0.717) is 13.0 Å². The lowest BCUT2D eigenvalue weighted by molar-refractivity contribution is -0.123. The van der Waals surface area contributed by atoms with Crippen molar-refractivity contribution in [1.29, 1.82) is 0 Å². The quantitative estimate of drug-likeness (QED) is 0.771. The molecular weight excluding hydrogens is 364 g/mol. The average Bonchev–Trinajstić information content (AvgIpc) is 2.82. The Bertz CT molecular complexity index is 778. The first-order valence-electron chi connectivity index (χ1n) is 8.59. The fourth-order valence-electron chi connectivity index (χ4n) is 2.83. The fourth-order valence-corrected chi connectivity index (χ4v) is 4.24. The Morgan fingerprint density at radius 3 is 2.73 bits per heavy atom. The number of para-hydroxylation sites is 1. The van der Waals surface area contributed by atoms with Gasteiger partial charge in [0.25, 0.3) is 0 Å². The van der Waals surface area contributed by atoms with Crippen molar-refractivity contribution in [1.82, 2.24) is 5.32 Å². The van der Waals surface area contributed by atoms with E-state index in [1.807, 2.05) is 24.3 Å². The standard InChI is InChI=1S/C20H22N2O2S2/c1-25-16-8-6-15(7-9-16)10-12-21-19(23)14-22-17-4-2-3-5-18(17)26-13-11-20(22)24/h2-9H,10-14H2,1H3,(H,21,23). The van der Waals surface area contributed by atoms with Crippen LogP contribution in [-0.2, 0) is 16.0 Å². The molecule has 3 rings (SSSR count). The van der Waals surface area contributed by atoms with Crippen molar-refractivity contribution >= 4 is 41.0 Å². The highest BCUT2D eigenvalue weighted by Gasteiger charge is 2.24. The smallest absolute Gasteiger partial charge is 0.240 e. The summed E-state index contributed by atoms with van der Waals surface area (Å²) in [5, 5.41) is 2.93. The number of hydrogen-bond acceptors (Lipinski definition) is 4. The van der Waals surface area contributed by atoms with Crippen molar-refractivity contribution in [3.05, 3.63) is 54.1 Å². The Labute approximate surface area is 162 Å². The summed E-state index contributed by atoms with van der Waals surface area (Å²) < 4.78 is 0. The van der Waals surface area contributed by atoms with Crippen LogP contribution in [0.15, 0.2) is 58.3 Å². The van der Waals surface area contributed by atoms with Gasteiger partial charge in [0, 0.05) is 28.5 Å². The fraction of sp³-hybridized carbons (Fsp3) is 0.300. The second kappa shape index (κ2) is 9.14. The maximum Gasteiger partial charge on any atom is 0.240 e. The molecule has 2 aromatic carbocycles. The zero-order valence-corrected chi connectivity index (χ0v) is 16.4. The number of carbonyl (C=O) groups is 2. The third kappa shape index (κ3) is 4.83.